The Balaban J connectivity index is 4.62. The number of hydrogen-bond donors (Lipinski definition) is 6. The van der Waals surface area contributed by atoms with Gasteiger partial charge in [-0.3, -0.25) is 0 Å². The van der Waals surface area contributed by atoms with Gasteiger partial charge in [0.25, 0.3) is 0 Å². The molecule has 122 valence electrons. The molecule has 20 heavy (non-hydrogen) atoms. The van der Waals surface area contributed by atoms with Crippen LogP contribution in [0.25, 0.3) is 0 Å². The van der Waals surface area contributed by atoms with Gasteiger partial charge in [0.15, 0.2) is 6.29 Å². The highest BCUT2D eigenvalue weighted by molar-refractivity contribution is 4.82. The summed E-state index contributed by atoms with van der Waals surface area (Å²) < 4.78 is 10.2. The molecule has 0 aromatic heterocycles. The van der Waals surface area contributed by atoms with Gasteiger partial charge in [0, 0.05) is 6.61 Å². The summed E-state index contributed by atoms with van der Waals surface area (Å²) in [5, 5.41) is 55.9. The third-order valence-corrected chi connectivity index (χ3v) is 3.28. The van der Waals surface area contributed by atoms with Gasteiger partial charge < -0.3 is 40.1 Å². The average Bonchev–Trinajstić information content (AvgIpc) is 2.49. The van der Waals surface area contributed by atoms with Crippen LogP contribution in [0.3, 0.4) is 0 Å². The highest BCUT2D eigenvalue weighted by Gasteiger charge is 2.39. The van der Waals surface area contributed by atoms with E-state index in [-0.39, 0.29) is 19.8 Å². The van der Waals surface area contributed by atoms with Crippen LogP contribution in [0.4, 0.5) is 0 Å². The fourth-order valence-corrected chi connectivity index (χ4v) is 1.46. The second-order valence-electron chi connectivity index (χ2n) is 4.95. The van der Waals surface area contributed by atoms with Crippen molar-refractivity contribution in [3.05, 3.63) is 0 Å². The molecule has 0 aromatic carbocycles. The molecule has 1 unspecified atom stereocenters. The fraction of sp³-hybridized carbons (Fsp3) is 1.00. The minimum absolute atomic E-state index is 0.191. The minimum Gasteiger partial charge on any atom is -0.396 e. The lowest BCUT2D eigenvalue weighted by Gasteiger charge is -2.35. The molecular weight excluding hydrogens is 272 g/mol. The highest BCUT2D eigenvalue weighted by atomic mass is 16.6. The minimum atomic E-state index is -1.42. The Kier molecular flexibility index (Phi) is 9.43. The summed E-state index contributed by atoms with van der Waals surface area (Å²) in [6.07, 6.45) is -1.42. The molecule has 0 fully saturated rings. The summed E-state index contributed by atoms with van der Waals surface area (Å²) in [6, 6.07) is 0. The normalized spacial score (nSPS) is 14.6. The molecule has 0 aliphatic heterocycles. The fourth-order valence-electron chi connectivity index (χ4n) is 1.46. The molecule has 0 rings (SSSR count). The SMILES string of the molecule is CCOC(O)C(CO)(CO)COCC(CO)(CO)CO. The third-order valence-electron chi connectivity index (χ3n) is 3.28. The van der Waals surface area contributed by atoms with E-state index in [2.05, 4.69) is 0 Å². The van der Waals surface area contributed by atoms with Gasteiger partial charge in [-0.25, -0.2) is 0 Å². The monoisotopic (exact) mass is 298 g/mol. The van der Waals surface area contributed by atoms with E-state index >= 15 is 0 Å². The Morgan fingerprint density at radius 3 is 1.70 bits per heavy atom. The Morgan fingerprint density at radius 2 is 1.35 bits per heavy atom. The molecule has 0 saturated carbocycles. The molecule has 1 atom stereocenters. The zero-order chi connectivity index (χ0) is 15.6. The number of ether oxygens (including phenoxy) is 2. The van der Waals surface area contributed by atoms with Crippen molar-refractivity contribution >= 4 is 0 Å². The van der Waals surface area contributed by atoms with Gasteiger partial charge in [-0.2, -0.15) is 0 Å². The molecular formula is C12H26O8. The van der Waals surface area contributed by atoms with Crippen LogP contribution in [0.2, 0.25) is 0 Å². The molecule has 0 aliphatic carbocycles. The first kappa shape index (κ1) is 19.7. The van der Waals surface area contributed by atoms with Gasteiger partial charge in [0.05, 0.1) is 57.1 Å². The first-order valence-electron chi connectivity index (χ1n) is 6.41. The molecule has 0 aliphatic rings. The van der Waals surface area contributed by atoms with Gasteiger partial charge in [0.1, 0.15) is 0 Å². The van der Waals surface area contributed by atoms with E-state index in [1.807, 2.05) is 0 Å². The van der Waals surface area contributed by atoms with Gasteiger partial charge in [-0.1, -0.05) is 0 Å². The third kappa shape index (κ3) is 4.90. The van der Waals surface area contributed by atoms with Crippen LogP contribution in [0.5, 0.6) is 0 Å². The van der Waals surface area contributed by atoms with Crippen molar-refractivity contribution in [2.24, 2.45) is 10.8 Å². The Morgan fingerprint density at radius 1 is 0.850 bits per heavy atom. The molecule has 0 amide bonds. The summed E-state index contributed by atoms with van der Waals surface area (Å²) in [5.41, 5.74) is -2.63. The van der Waals surface area contributed by atoms with Crippen LogP contribution >= 0.6 is 0 Å². The summed E-state index contributed by atoms with van der Waals surface area (Å²) in [7, 11) is 0. The highest BCUT2D eigenvalue weighted by Crippen LogP contribution is 2.24. The van der Waals surface area contributed by atoms with Crippen molar-refractivity contribution in [1.82, 2.24) is 0 Å². The van der Waals surface area contributed by atoms with Crippen LogP contribution in [-0.4, -0.2) is 89.8 Å². The van der Waals surface area contributed by atoms with E-state index in [1.165, 1.54) is 0 Å². The maximum Gasteiger partial charge on any atom is 0.166 e. The second kappa shape index (κ2) is 9.59. The maximum absolute atomic E-state index is 9.79. The maximum atomic E-state index is 9.79. The van der Waals surface area contributed by atoms with Crippen molar-refractivity contribution in [3.63, 3.8) is 0 Å². The van der Waals surface area contributed by atoms with Crippen LogP contribution < -0.4 is 0 Å². The van der Waals surface area contributed by atoms with E-state index in [4.69, 9.17) is 24.8 Å². The van der Waals surface area contributed by atoms with Crippen molar-refractivity contribution < 1.29 is 40.1 Å². The largest absolute Gasteiger partial charge is 0.396 e. The molecule has 0 radical (unpaired) electrons. The molecule has 0 bridgehead atoms. The molecule has 0 spiro atoms. The van der Waals surface area contributed by atoms with Gasteiger partial charge >= 0.3 is 0 Å². The van der Waals surface area contributed by atoms with E-state index in [1.54, 1.807) is 6.92 Å². The molecule has 0 aromatic rings. The molecule has 8 nitrogen and oxygen atoms in total. The quantitative estimate of drug-likeness (QED) is 0.214. The topological polar surface area (TPSA) is 140 Å². The Labute approximate surface area is 118 Å². The first-order valence-corrected chi connectivity index (χ1v) is 6.41. The standard InChI is InChI=1S/C12H26O8/c1-2-20-10(18)12(6-16,7-17)9-19-8-11(3-13,4-14)5-15/h10,13-18H,2-9H2,1H3. The predicted molar refractivity (Wildman–Crippen MR) is 68.7 cm³/mol. The van der Waals surface area contributed by atoms with E-state index < -0.39 is 50.2 Å². The first-order chi connectivity index (χ1) is 9.49. The lowest BCUT2D eigenvalue weighted by molar-refractivity contribution is -0.219. The summed E-state index contributed by atoms with van der Waals surface area (Å²) in [5.74, 6) is 0. The summed E-state index contributed by atoms with van der Waals surface area (Å²) in [6.45, 7) is -1.23. The van der Waals surface area contributed by atoms with Crippen molar-refractivity contribution in [2.75, 3.05) is 52.9 Å². The van der Waals surface area contributed by atoms with Crippen molar-refractivity contribution in [2.45, 2.75) is 13.2 Å². The molecule has 8 heteroatoms. The van der Waals surface area contributed by atoms with Crippen molar-refractivity contribution in [1.29, 1.82) is 0 Å². The lowest BCUT2D eigenvalue weighted by Crippen LogP contribution is -2.48. The molecule has 6 N–H and O–H groups in total. The van der Waals surface area contributed by atoms with Gasteiger partial charge in [-0.15, -0.1) is 0 Å². The summed E-state index contributed by atoms with van der Waals surface area (Å²) >= 11 is 0. The zero-order valence-corrected chi connectivity index (χ0v) is 11.7. The number of aliphatic hydroxyl groups is 6. The van der Waals surface area contributed by atoms with Gasteiger partial charge in [-0.05, 0) is 6.92 Å². The molecule has 0 saturated heterocycles. The smallest absolute Gasteiger partial charge is 0.166 e. The number of hydrogen-bond acceptors (Lipinski definition) is 8. The average molecular weight is 298 g/mol. The Bertz CT molecular complexity index is 231. The van der Waals surface area contributed by atoms with Crippen LogP contribution in [0, 0.1) is 10.8 Å². The van der Waals surface area contributed by atoms with E-state index in [9.17, 15) is 15.3 Å². The number of aliphatic hydroxyl groups excluding tert-OH is 6. The van der Waals surface area contributed by atoms with E-state index in [0.29, 0.717) is 0 Å². The lowest BCUT2D eigenvalue weighted by atomic mass is 9.89. The van der Waals surface area contributed by atoms with Crippen molar-refractivity contribution in [3.8, 4) is 0 Å². The second-order valence-corrected chi connectivity index (χ2v) is 4.95. The Hall–Kier alpha value is -0.320. The van der Waals surface area contributed by atoms with Crippen LogP contribution in [0.1, 0.15) is 6.92 Å². The van der Waals surface area contributed by atoms with Gasteiger partial charge in [0.2, 0.25) is 0 Å². The zero-order valence-electron chi connectivity index (χ0n) is 11.7. The summed E-state index contributed by atoms with van der Waals surface area (Å²) in [4.78, 5) is 0. The number of rotatable bonds is 12. The van der Waals surface area contributed by atoms with E-state index in [0.717, 1.165) is 0 Å². The van der Waals surface area contributed by atoms with Crippen LogP contribution in [-0.2, 0) is 9.47 Å². The molecule has 0 heterocycles. The van der Waals surface area contributed by atoms with Crippen LogP contribution in [0.15, 0.2) is 0 Å². The predicted octanol–water partition coefficient (Wildman–Crippen LogP) is -2.71.